The first-order valence-corrected chi connectivity index (χ1v) is 20.0. The second-order valence-electron chi connectivity index (χ2n) is 16.3. The van der Waals surface area contributed by atoms with E-state index in [0.29, 0.717) is 19.4 Å². The van der Waals surface area contributed by atoms with Crippen molar-refractivity contribution < 1.29 is 38.6 Å². The summed E-state index contributed by atoms with van der Waals surface area (Å²) in [6.07, 6.45) is 3.96. The summed E-state index contributed by atoms with van der Waals surface area (Å²) in [4.78, 5) is 72.5. The number of ether oxygens (including phenoxy) is 2. The number of benzene rings is 1. The standard InChI is InChI=1S/C43H70N4O8/c1-13-29(6)40(46(10)43(53)33(27(2)3)25-35(48)39(28(4)5)45(8)9)36(54-11)26-37(49)47-23-17-20-34(47)41(55-12)30(7)42(52)44-32(21-22-38(50)51)24-31-18-15-14-16-19-31/h14-16,18-19,21-22,27-30,32-34,36,39-41H,13,17,20,23-26H2,1-12H3,(H,44,52)(H,50,51)/b22-21+/t29-,30+,32+,33-,34-,36+,39-,40-,41+/m0/s1. The lowest BCUT2D eigenvalue weighted by atomic mass is 9.83. The second-order valence-corrected chi connectivity index (χ2v) is 16.3. The Balaban J connectivity index is 2.29. The van der Waals surface area contributed by atoms with E-state index < -0.39 is 42.1 Å². The van der Waals surface area contributed by atoms with Crippen molar-refractivity contribution in [2.24, 2.45) is 29.6 Å². The predicted octanol–water partition coefficient (Wildman–Crippen LogP) is 5.09. The summed E-state index contributed by atoms with van der Waals surface area (Å²) >= 11 is 0. The van der Waals surface area contributed by atoms with E-state index in [9.17, 15) is 29.1 Å². The number of amides is 3. The van der Waals surface area contributed by atoms with Gasteiger partial charge in [0.2, 0.25) is 17.7 Å². The van der Waals surface area contributed by atoms with Crippen molar-refractivity contribution in [1.29, 1.82) is 0 Å². The number of methoxy groups -OCH3 is 2. The lowest BCUT2D eigenvalue weighted by Gasteiger charge is -2.41. The van der Waals surface area contributed by atoms with E-state index in [1.165, 1.54) is 13.2 Å². The first-order valence-electron chi connectivity index (χ1n) is 20.0. The van der Waals surface area contributed by atoms with Crippen LogP contribution in [-0.2, 0) is 39.9 Å². The topological polar surface area (TPSA) is 146 Å². The fraction of sp³-hybridized carbons (Fsp3) is 0.698. The van der Waals surface area contributed by atoms with Crippen LogP contribution in [0, 0.1) is 29.6 Å². The second kappa shape index (κ2) is 22.8. The van der Waals surface area contributed by atoms with E-state index in [2.05, 4.69) is 12.2 Å². The number of hydrogen-bond acceptors (Lipinski definition) is 8. The number of nitrogens with zero attached hydrogens (tertiary/aromatic N) is 3. The van der Waals surface area contributed by atoms with Crippen molar-refractivity contribution in [2.75, 3.05) is 41.9 Å². The lowest BCUT2D eigenvalue weighted by molar-refractivity contribution is -0.149. The summed E-state index contributed by atoms with van der Waals surface area (Å²) in [5.41, 5.74) is 0.944. The molecule has 1 heterocycles. The fourth-order valence-corrected chi connectivity index (χ4v) is 8.32. The van der Waals surface area contributed by atoms with Crippen LogP contribution in [-0.4, -0.2) is 128 Å². The van der Waals surface area contributed by atoms with Gasteiger partial charge >= 0.3 is 5.97 Å². The summed E-state index contributed by atoms with van der Waals surface area (Å²) < 4.78 is 12.0. The van der Waals surface area contributed by atoms with Gasteiger partial charge in [-0.2, -0.15) is 0 Å². The largest absolute Gasteiger partial charge is 0.478 e. The van der Waals surface area contributed by atoms with Gasteiger partial charge in [-0.05, 0) is 56.7 Å². The van der Waals surface area contributed by atoms with Crippen LogP contribution >= 0.6 is 0 Å². The molecular weight excluding hydrogens is 700 g/mol. The zero-order valence-electron chi connectivity index (χ0n) is 35.5. The summed E-state index contributed by atoms with van der Waals surface area (Å²) in [5, 5.41) is 12.3. The van der Waals surface area contributed by atoms with E-state index in [1.807, 2.05) is 83.9 Å². The molecule has 0 spiro atoms. The quantitative estimate of drug-likeness (QED) is 0.145. The van der Waals surface area contributed by atoms with Gasteiger partial charge < -0.3 is 29.7 Å². The Morgan fingerprint density at radius 2 is 1.58 bits per heavy atom. The van der Waals surface area contributed by atoms with Crippen LogP contribution in [0.4, 0.5) is 0 Å². The molecule has 0 saturated carbocycles. The molecule has 12 heteroatoms. The third kappa shape index (κ3) is 13.5. The number of hydrogen-bond donors (Lipinski definition) is 2. The van der Waals surface area contributed by atoms with E-state index in [4.69, 9.17) is 9.47 Å². The molecule has 310 valence electrons. The van der Waals surface area contributed by atoms with Gasteiger partial charge in [-0.25, -0.2) is 4.79 Å². The number of aliphatic carboxylic acids is 1. The Morgan fingerprint density at radius 1 is 0.945 bits per heavy atom. The van der Waals surface area contributed by atoms with Crippen LogP contribution in [0.5, 0.6) is 0 Å². The molecule has 0 bridgehead atoms. The summed E-state index contributed by atoms with van der Waals surface area (Å²) in [7, 11) is 8.64. The predicted molar refractivity (Wildman–Crippen MR) is 215 cm³/mol. The molecule has 1 fully saturated rings. The Labute approximate surface area is 330 Å². The SMILES string of the molecule is CC[C@H](C)[C@@H]([C@@H](CC(=O)N1CCC[C@H]1[C@H](OC)[C@@H](C)C(=O)N[C@H](/C=C/C(=O)O)Cc1ccccc1)OC)N(C)C(=O)[C@@H](CC(=O)[C@H](C(C)C)N(C)C)C(C)C. The smallest absolute Gasteiger partial charge is 0.328 e. The maximum atomic E-state index is 14.3. The number of carboxylic acid groups (broad SMARTS) is 1. The molecule has 3 amide bonds. The number of carbonyl (C=O) groups is 5. The zero-order chi connectivity index (χ0) is 41.6. The van der Waals surface area contributed by atoms with E-state index in [1.54, 1.807) is 30.9 Å². The first kappa shape index (κ1) is 47.5. The minimum Gasteiger partial charge on any atom is -0.478 e. The summed E-state index contributed by atoms with van der Waals surface area (Å²) in [5.74, 6) is -2.83. The average Bonchev–Trinajstić information content (AvgIpc) is 3.61. The molecule has 1 saturated heterocycles. The van der Waals surface area contributed by atoms with E-state index in [0.717, 1.165) is 24.5 Å². The van der Waals surface area contributed by atoms with E-state index in [-0.39, 0.29) is 66.2 Å². The van der Waals surface area contributed by atoms with Crippen LogP contribution in [0.3, 0.4) is 0 Å². The fourth-order valence-electron chi connectivity index (χ4n) is 8.32. The highest BCUT2D eigenvalue weighted by Crippen LogP contribution is 2.31. The molecule has 1 aliphatic heterocycles. The summed E-state index contributed by atoms with van der Waals surface area (Å²) in [6, 6.07) is 7.84. The van der Waals surface area contributed by atoms with Crippen molar-refractivity contribution in [3.8, 4) is 0 Å². The number of ketones is 1. The van der Waals surface area contributed by atoms with Gasteiger partial charge in [0.1, 0.15) is 0 Å². The summed E-state index contributed by atoms with van der Waals surface area (Å²) in [6.45, 7) is 14.3. The number of likely N-dealkylation sites (tertiary alicyclic amines) is 1. The molecule has 0 unspecified atom stereocenters. The van der Waals surface area contributed by atoms with Crippen LogP contribution in [0.1, 0.15) is 86.1 Å². The maximum absolute atomic E-state index is 14.3. The number of likely N-dealkylation sites (N-methyl/N-ethyl adjacent to an activating group) is 2. The number of carboxylic acids is 1. The van der Waals surface area contributed by atoms with Gasteiger partial charge in [0.05, 0.1) is 48.7 Å². The highest BCUT2D eigenvalue weighted by Gasteiger charge is 2.43. The number of nitrogens with one attached hydrogen (secondary N) is 1. The van der Waals surface area contributed by atoms with Crippen LogP contribution in [0.25, 0.3) is 0 Å². The van der Waals surface area contributed by atoms with Crippen LogP contribution in [0.15, 0.2) is 42.5 Å². The molecule has 2 rings (SSSR count). The molecule has 0 aliphatic carbocycles. The maximum Gasteiger partial charge on any atom is 0.328 e. The Bertz CT molecular complexity index is 1410. The average molecular weight is 771 g/mol. The molecule has 12 nitrogen and oxygen atoms in total. The molecule has 0 aromatic heterocycles. The highest BCUT2D eigenvalue weighted by molar-refractivity contribution is 5.90. The Morgan fingerprint density at radius 3 is 2.09 bits per heavy atom. The van der Waals surface area contributed by atoms with Crippen LogP contribution in [0.2, 0.25) is 0 Å². The van der Waals surface area contributed by atoms with Crippen molar-refractivity contribution in [3.63, 3.8) is 0 Å². The van der Waals surface area contributed by atoms with Crippen LogP contribution < -0.4 is 5.32 Å². The van der Waals surface area contributed by atoms with Gasteiger partial charge in [-0.3, -0.25) is 24.1 Å². The van der Waals surface area contributed by atoms with E-state index >= 15 is 0 Å². The number of Topliss-reactive ketones (excluding diaryl/α,β-unsaturated/α-hetero) is 1. The van der Waals surface area contributed by atoms with Gasteiger partial charge in [0, 0.05) is 46.2 Å². The molecule has 1 aromatic rings. The minimum absolute atomic E-state index is 0.00998. The van der Waals surface area contributed by atoms with Gasteiger partial charge in [-0.15, -0.1) is 0 Å². The number of carbonyl (C=O) groups excluding carboxylic acids is 4. The van der Waals surface area contributed by atoms with Crippen molar-refractivity contribution in [2.45, 2.75) is 123 Å². The van der Waals surface area contributed by atoms with Gasteiger partial charge in [0.15, 0.2) is 5.78 Å². The Hall–Kier alpha value is -3.61. The third-order valence-electron chi connectivity index (χ3n) is 11.4. The first-order chi connectivity index (χ1) is 25.9. The lowest BCUT2D eigenvalue weighted by Crippen LogP contribution is -2.54. The molecule has 55 heavy (non-hydrogen) atoms. The highest BCUT2D eigenvalue weighted by atomic mass is 16.5. The Kier molecular flexibility index (Phi) is 19.7. The van der Waals surface area contributed by atoms with Crippen molar-refractivity contribution in [3.05, 3.63) is 48.0 Å². The normalized spacial score (nSPS) is 19.2. The number of rotatable bonds is 23. The van der Waals surface area contributed by atoms with Gasteiger partial charge in [0.25, 0.3) is 0 Å². The molecule has 2 N–H and O–H groups in total. The molecule has 9 atom stereocenters. The monoisotopic (exact) mass is 771 g/mol. The zero-order valence-corrected chi connectivity index (χ0v) is 35.5. The molecule has 1 aliphatic rings. The third-order valence-corrected chi connectivity index (χ3v) is 11.4. The van der Waals surface area contributed by atoms with Gasteiger partial charge in [-0.1, -0.05) is 91.3 Å². The molecular formula is C43H70N4O8. The molecule has 1 aromatic carbocycles. The van der Waals surface area contributed by atoms with Crippen molar-refractivity contribution >= 4 is 29.5 Å². The van der Waals surface area contributed by atoms with Crippen molar-refractivity contribution in [1.82, 2.24) is 20.0 Å². The minimum atomic E-state index is -1.11. The molecule has 0 radical (unpaired) electrons.